The van der Waals surface area contributed by atoms with E-state index >= 15 is 0 Å². The Morgan fingerprint density at radius 2 is 2.21 bits per heavy atom. The average molecular weight is 331 g/mol. The fourth-order valence-corrected chi connectivity index (χ4v) is 2.18. The molecule has 106 valence electrons. The molecular formula is C14H20BrFN2O. The van der Waals surface area contributed by atoms with Gasteiger partial charge in [0.1, 0.15) is 5.82 Å². The maximum atomic E-state index is 12.9. The Morgan fingerprint density at radius 3 is 2.79 bits per heavy atom. The maximum Gasteiger partial charge on any atom is 0.252 e. The van der Waals surface area contributed by atoms with Gasteiger partial charge in [0.05, 0.1) is 5.56 Å². The summed E-state index contributed by atoms with van der Waals surface area (Å²) in [4.78, 5) is 14.1. The minimum Gasteiger partial charge on any atom is -0.351 e. The molecule has 0 fully saturated rings. The van der Waals surface area contributed by atoms with Crippen LogP contribution in [0.25, 0.3) is 0 Å². The molecule has 1 atom stereocenters. The number of hydrogen-bond donors (Lipinski definition) is 1. The Balaban J connectivity index is 2.47. The van der Waals surface area contributed by atoms with Gasteiger partial charge in [-0.1, -0.05) is 6.92 Å². The van der Waals surface area contributed by atoms with Crippen LogP contribution in [0.15, 0.2) is 22.7 Å². The van der Waals surface area contributed by atoms with E-state index in [0.29, 0.717) is 22.6 Å². The number of carbonyl (C=O) groups excluding carboxylic acids is 1. The van der Waals surface area contributed by atoms with E-state index in [1.165, 1.54) is 18.2 Å². The Bertz CT molecular complexity index is 439. The van der Waals surface area contributed by atoms with Crippen LogP contribution in [0.5, 0.6) is 0 Å². The number of halogens is 2. The molecule has 19 heavy (non-hydrogen) atoms. The lowest BCUT2D eigenvalue weighted by molar-refractivity contribution is 0.0946. The fourth-order valence-electron chi connectivity index (χ4n) is 1.65. The van der Waals surface area contributed by atoms with Gasteiger partial charge in [0.25, 0.3) is 5.91 Å². The predicted octanol–water partition coefficient (Wildman–Crippen LogP) is 3.05. The minimum atomic E-state index is -0.361. The summed E-state index contributed by atoms with van der Waals surface area (Å²) in [5.74, 6) is -0.552. The fraction of sp³-hybridized carbons (Fsp3) is 0.500. The van der Waals surface area contributed by atoms with Crippen molar-refractivity contribution in [3.8, 4) is 0 Å². The van der Waals surface area contributed by atoms with Crippen LogP contribution >= 0.6 is 15.9 Å². The van der Waals surface area contributed by atoms with Gasteiger partial charge in [0, 0.05) is 23.6 Å². The molecule has 0 saturated carbocycles. The summed E-state index contributed by atoms with van der Waals surface area (Å²) in [6, 6.07) is 4.55. The van der Waals surface area contributed by atoms with E-state index < -0.39 is 0 Å². The molecule has 0 aliphatic rings. The lowest BCUT2D eigenvalue weighted by atomic mass is 10.2. The van der Waals surface area contributed by atoms with E-state index in [1.54, 1.807) is 0 Å². The molecule has 1 N–H and O–H groups in total. The first-order chi connectivity index (χ1) is 8.95. The van der Waals surface area contributed by atoms with Gasteiger partial charge in [0.15, 0.2) is 0 Å². The molecule has 0 bridgehead atoms. The summed E-state index contributed by atoms with van der Waals surface area (Å²) in [5, 5.41) is 2.84. The third-order valence-corrected chi connectivity index (χ3v) is 3.93. The second-order valence-electron chi connectivity index (χ2n) is 4.62. The van der Waals surface area contributed by atoms with Crippen molar-refractivity contribution in [1.82, 2.24) is 10.2 Å². The van der Waals surface area contributed by atoms with Crippen LogP contribution in [0.2, 0.25) is 0 Å². The molecular weight excluding hydrogens is 311 g/mol. The van der Waals surface area contributed by atoms with Crippen molar-refractivity contribution in [2.24, 2.45) is 0 Å². The van der Waals surface area contributed by atoms with Gasteiger partial charge >= 0.3 is 0 Å². The SMILES string of the molecule is CCC(C)N(C)CCNC(=O)c1ccc(F)cc1Br. The predicted molar refractivity (Wildman–Crippen MR) is 78.8 cm³/mol. The quantitative estimate of drug-likeness (QED) is 0.869. The molecule has 1 rings (SSSR count). The molecule has 0 radical (unpaired) electrons. The van der Waals surface area contributed by atoms with E-state index in [1.807, 2.05) is 7.05 Å². The Hall–Kier alpha value is -0.940. The average Bonchev–Trinajstić information content (AvgIpc) is 2.37. The van der Waals surface area contributed by atoms with Gasteiger partial charge < -0.3 is 10.2 Å². The standard InChI is InChI=1S/C14H20BrFN2O/c1-4-10(2)18(3)8-7-17-14(19)12-6-5-11(16)9-13(12)15/h5-6,9-10H,4,7-8H2,1-3H3,(H,17,19). The number of amides is 1. The Labute approximate surface area is 122 Å². The van der Waals surface area contributed by atoms with Gasteiger partial charge in [0.2, 0.25) is 0 Å². The molecule has 1 aromatic carbocycles. The van der Waals surface area contributed by atoms with Crippen molar-refractivity contribution >= 4 is 21.8 Å². The third kappa shape index (κ3) is 4.91. The summed E-state index contributed by atoms with van der Waals surface area (Å²) in [6.45, 7) is 5.65. The topological polar surface area (TPSA) is 32.3 Å². The van der Waals surface area contributed by atoms with E-state index in [9.17, 15) is 9.18 Å². The van der Waals surface area contributed by atoms with Gasteiger partial charge in [-0.05, 0) is 54.5 Å². The van der Waals surface area contributed by atoms with Crippen molar-refractivity contribution < 1.29 is 9.18 Å². The molecule has 0 aliphatic heterocycles. The molecule has 1 unspecified atom stereocenters. The summed E-state index contributed by atoms with van der Waals surface area (Å²) in [7, 11) is 2.04. The number of likely N-dealkylation sites (N-methyl/N-ethyl adjacent to an activating group) is 1. The summed E-state index contributed by atoms with van der Waals surface area (Å²) in [5.41, 5.74) is 0.451. The molecule has 3 nitrogen and oxygen atoms in total. The highest BCUT2D eigenvalue weighted by atomic mass is 79.9. The minimum absolute atomic E-state index is 0.190. The van der Waals surface area contributed by atoms with E-state index in [4.69, 9.17) is 0 Å². The highest BCUT2D eigenvalue weighted by molar-refractivity contribution is 9.10. The normalized spacial score (nSPS) is 12.5. The van der Waals surface area contributed by atoms with Gasteiger partial charge in [-0.15, -0.1) is 0 Å². The number of hydrogen-bond acceptors (Lipinski definition) is 2. The lowest BCUT2D eigenvalue weighted by Crippen LogP contribution is -2.37. The van der Waals surface area contributed by atoms with Crippen molar-refractivity contribution in [3.63, 3.8) is 0 Å². The van der Waals surface area contributed by atoms with E-state index in [-0.39, 0.29) is 11.7 Å². The number of rotatable bonds is 6. The lowest BCUT2D eigenvalue weighted by Gasteiger charge is -2.23. The van der Waals surface area contributed by atoms with Crippen LogP contribution in [0.3, 0.4) is 0 Å². The van der Waals surface area contributed by atoms with E-state index in [0.717, 1.165) is 13.0 Å². The zero-order valence-electron chi connectivity index (χ0n) is 11.5. The second kappa shape index (κ2) is 7.60. The number of benzene rings is 1. The van der Waals surface area contributed by atoms with Crippen LogP contribution in [-0.4, -0.2) is 37.0 Å². The molecule has 0 saturated heterocycles. The first kappa shape index (κ1) is 16.1. The van der Waals surface area contributed by atoms with Crippen LogP contribution in [0.4, 0.5) is 4.39 Å². The largest absolute Gasteiger partial charge is 0.351 e. The summed E-state index contributed by atoms with van der Waals surface area (Å²) < 4.78 is 13.4. The highest BCUT2D eigenvalue weighted by Crippen LogP contribution is 2.17. The molecule has 0 aromatic heterocycles. The molecule has 0 heterocycles. The van der Waals surface area contributed by atoms with E-state index in [2.05, 4.69) is 40.0 Å². The van der Waals surface area contributed by atoms with Crippen molar-refractivity contribution in [1.29, 1.82) is 0 Å². The van der Waals surface area contributed by atoms with Gasteiger partial charge in [-0.25, -0.2) is 4.39 Å². The third-order valence-electron chi connectivity index (χ3n) is 3.27. The molecule has 1 aromatic rings. The van der Waals surface area contributed by atoms with Crippen LogP contribution in [0, 0.1) is 5.82 Å². The molecule has 0 spiro atoms. The number of nitrogens with one attached hydrogen (secondary N) is 1. The molecule has 1 amide bonds. The molecule has 0 aliphatic carbocycles. The zero-order chi connectivity index (χ0) is 14.4. The maximum absolute atomic E-state index is 12.9. The first-order valence-electron chi connectivity index (χ1n) is 6.39. The Kier molecular flexibility index (Phi) is 6.45. The van der Waals surface area contributed by atoms with Crippen molar-refractivity contribution in [2.75, 3.05) is 20.1 Å². The summed E-state index contributed by atoms with van der Waals surface area (Å²) in [6.07, 6.45) is 1.08. The zero-order valence-corrected chi connectivity index (χ0v) is 13.1. The monoisotopic (exact) mass is 330 g/mol. The Morgan fingerprint density at radius 1 is 1.53 bits per heavy atom. The first-order valence-corrected chi connectivity index (χ1v) is 7.18. The number of carbonyl (C=O) groups is 1. The molecule has 5 heteroatoms. The highest BCUT2D eigenvalue weighted by Gasteiger charge is 2.11. The summed E-state index contributed by atoms with van der Waals surface area (Å²) >= 11 is 3.19. The second-order valence-corrected chi connectivity index (χ2v) is 5.47. The smallest absolute Gasteiger partial charge is 0.252 e. The van der Waals surface area contributed by atoms with Gasteiger partial charge in [-0.3, -0.25) is 4.79 Å². The van der Waals surface area contributed by atoms with Crippen molar-refractivity contribution in [2.45, 2.75) is 26.3 Å². The van der Waals surface area contributed by atoms with Crippen LogP contribution < -0.4 is 5.32 Å². The van der Waals surface area contributed by atoms with Gasteiger partial charge in [-0.2, -0.15) is 0 Å². The van der Waals surface area contributed by atoms with Crippen molar-refractivity contribution in [3.05, 3.63) is 34.1 Å². The number of nitrogens with zero attached hydrogens (tertiary/aromatic N) is 1. The van der Waals surface area contributed by atoms with Crippen LogP contribution in [0.1, 0.15) is 30.6 Å². The van der Waals surface area contributed by atoms with Crippen LogP contribution in [-0.2, 0) is 0 Å².